The van der Waals surface area contributed by atoms with Crippen molar-refractivity contribution in [1.29, 1.82) is 0 Å². The second-order valence-electron chi connectivity index (χ2n) is 6.61. The van der Waals surface area contributed by atoms with Crippen molar-refractivity contribution in [2.45, 2.75) is 19.4 Å². The van der Waals surface area contributed by atoms with Crippen molar-refractivity contribution in [2.75, 3.05) is 28.3 Å². The largest absolute Gasteiger partial charge is 0.376 e. The van der Waals surface area contributed by atoms with Crippen LogP contribution in [0.15, 0.2) is 54.6 Å². The Balaban J connectivity index is 1.81. The van der Waals surface area contributed by atoms with Crippen LogP contribution in [-0.2, 0) is 14.6 Å². The Morgan fingerprint density at radius 2 is 1.74 bits per heavy atom. The second-order valence-corrected chi connectivity index (χ2v) is 8.84. The number of ketones is 1. The van der Waals surface area contributed by atoms with Crippen LogP contribution in [0.3, 0.4) is 0 Å². The van der Waals surface area contributed by atoms with Gasteiger partial charge in [0, 0.05) is 16.9 Å². The van der Waals surface area contributed by atoms with Gasteiger partial charge in [0.15, 0.2) is 15.6 Å². The van der Waals surface area contributed by atoms with E-state index in [1.165, 1.54) is 6.92 Å². The highest BCUT2D eigenvalue weighted by Gasteiger charge is 2.35. The summed E-state index contributed by atoms with van der Waals surface area (Å²) in [5, 5.41) is 3.03. The average Bonchev–Trinajstić information content (AvgIpc) is 3.00. The van der Waals surface area contributed by atoms with Crippen molar-refractivity contribution in [3.63, 3.8) is 0 Å². The van der Waals surface area contributed by atoms with E-state index in [-0.39, 0.29) is 35.8 Å². The quantitative estimate of drug-likeness (QED) is 0.772. The molecule has 7 heteroatoms. The summed E-state index contributed by atoms with van der Waals surface area (Å²) in [6, 6.07) is 15.7. The summed E-state index contributed by atoms with van der Waals surface area (Å²) < 4.78 is 23.8. The lowest BCUT2D eigenvalue weighted by molar-refractivity contribution is -0.117. The zero-order chi connectivity index (χ0) is 19.4. The first-order valence-electron chi connectivity index (χ1n) is 8.79. The smallest absolute Gasteiger partial charge is 0.246 e. The van der Waals surface area contributed by atoms with Crippen molar-refractivity contribution in [1.82, 2.24) is 0 Å². The Bertz CT molecular complexity index is 941. The minimum absolute atomic E-state index is 0.0301. The molecule has 27 heavy (non-hydrogen) atoms. The molecule has 0 aliphatic carbocycles. The summed E-state index contributed by atoms with van der Waals surface area (Å²) in [5.41, 5.74) is 1.77. The van der Waals surface area contributed by atoms with Gasteiger partial charge in [0.1, 0.15) is 0 Å². The van der Waals surface area contributed by atoms with Gasteiger partial charge in [-0.25, -0.2) is 8.42 Å². The molecular weight excluding hydrogens is 364 g/mol. The highest BCUT2D eigenvalue weighted by Crippen LogP contribution is 2.25. The molecular formula is C20H22N2O4S. The van der Waals surface area contributed by atoms with Gasteiger partial charge in [-0.3, -0.25) is 9.59 Å². The molecule has 1 heterocycles. The van der Waals surface area contributed by atoms with Crippen LogP contribution in [0.25, 0.3) is 0 Å². The topological polar surface area (TPSA) is 83.6 Å². The number of nitrogens with one attached hydrogen (secondary N) is 1. The fourth-order valence-corrected chi connectivity index (χ4v) is 5.03. The third kappa shape index (κ3) is 4.54. The summed E-state index contributed by atoms with van der Waals surface area (Å²) in [5.74, 6) is -0.263. The van der Waals surface area contributed by atoms with E-state index in [9.17, 15) is 18.0 Å². The Morgan fingerprint density at radius 1 is 1.07 bits per heavy atom. The standard InChI is InChI=1S/C20H22N2O4S/c1-15(23)18-9-5-6-10-19(18)21-13-20(24)22(16-7-3-2-4-8-16)17-11-12-27(25,26)14-17/h2-10,17,21H,11-14H2,1H3/t17-/m0/s1. The number of benzene rings is 2. The maximum atomic E-state index is 13.0. The SMILES string of the molecule is CC(=O)c1ccccc1NCC(=O)N(c1ccccc1)[C@H]1CCS(=O)(=O)C1. The van der Waals surface area contributed by atoms with Gasteiger partial charge in [0.25, 0.3) is 0 Å². The number of rotatable bonds is 6. The molecule has 0 spiro atoms. The van der Waals surface area contributed by atoms with E-state index < -0.39 is 9.84 Å². The van der Waals surface area contributed by atoms with Gasteiger partial charge in [-0.05, 0) is 37.6 Å². The van der Waals surface area contributed by atoms with Crippen molar-refractivity contribution in [3.8, 4) is 0 Å². The van der Waals surface area contributed by atoms with Crippen LogP contribution in [0.1, 0.15) is 23.7 Å². The number of carbonyl (C=O) groups excluding carboxylic acids is 2. The predicted octanol–water partition coefficient (Wildman–Crippen LogP) is 2.52. The molecule has 2 aromatic carbocycles. The Kier molecular flexibility index (Phi) is 5.60. The van der Waals surface area contributed by atoms with Crippen LogP contribution in [0.4, 0.5) is 11.4 Å². The van der Waals surface area contributed by atoms with E-state index in [1.54, 1.807) is 41.3 Å². The normalized spacial score (nSPS) is 18.0. The van der Waals surface area contributed by atoms with E-state index in [0.29, 0.717) is 23.4 Å². The summed E-state index contributed by atoms with van der Waals surface area (Å²) in [4.78, 5) is 26.3. The van der Waals surface area contributed by atoms with Gasteiger partial charge in [-0.15, -0.1) is 0 Å². The zero-order valence-corrected chi connectivity index (χ0v) is 15.9. The number of hydrogen-bond acceptors (Lipinski definition) is 5. The predicted molar refractivity (Wildman–Crippen MR) is 106 cm³/mol. The molecule has 0 bridgehead atoms. The van der Waals surface area contributed by atoms with Crippen molar-refractivity contribution >= 4 is 32.9 Å². The first-order chi connectivity index (χ1) is 12.9. The monoisotopic (exact) mass is 386 g/mol. The number of para-hydroxylation sites is 2. The molecule has 0 aromatic heterocycles. The van der Waals surface area contributed by atoms with Crippen LogP contribution < -0.4 is 10.2 Å². The van der Waals surface area contributed by atoms with Crippen LogP contribution in [0.5, 0.6) is 0 Å². The number of amides is 1. The van der Waals surface area contributed by atoms with Crippen molar-refractivity contribution < 1.29 is 18.0 Å². The lowest BCUT2D eigenvalue weighted by Crippen LogP contribution is -2.44. The first kappa shape index (κ1) is 19.1. The third-order valence-electron chi connectivity index (χ3n) is 4.61. The fourth-order valence-electron chi connectivity index (χ4n) is 3.33. The molecule has 0 saturated carbocycles. The molecule has 2 aromatic rings. The molecule has 6 nitrogen and oxygen atoms in total. The summed E-state index contributed by atoms with van der Waals surface area (Å²) in [6.07, 6.45) is 0.424. The second kappa shape index (κ2) is 7.92. The fraction of sp³-hybridized carbons (Fsp3) is 0.300. The number of Topliss-reactive ketones (excluding diaryl/α,β-unsaturated/α-hetero) is 1. The van der Waals surface area contributed by atoms with Crippen LogP contribution in [-0.4, -0.2) is 44.2 Å². The maximum Gasteiger partial charge on any atom is 0.246 e. The number of anilines is 2. The Hall–Kier alpha value is -2.67. The molecule has 0 unspecified atom stereocenters. The summed E-state index contributed by atoms with van der Waals surface area (Å²) in [6.45, 7) is 1.44. The highest BCUT2D eigenvalue weighted by atomic mass is 32.2. The van der Waals surface area contributed by atoms with Gasteiger partial charge < -0.3 is 10.2 Å². The highest BCUT2D eigenvalue weighted by molar-refractivity contribution is 7.91. The van der Waals surface area contributed by atoms with Gasteiger partial charge in [0.2, 0.25) is 5.91 Å². The van der Waals surface area contributed by atoms with Gasteiger partial charge in [-0.1, -0.05) is 30.3 Å². The van der Waals surface area contributed by atoms with Crippen molar-refractivity contribution in [3.05, 3.63) is 60.2 Å². The zero-order valence-electron chi connectivity index (χ0n) is 15.1. The average molecular weight is 386 g/mol. The van der Waals surface area contributed by atoms with E-state index in [2.05, 4.69) is 5.32 Å². The lowest BCUT2D eigenvalue weighted by Gasteiger charge is -2.28. The molecule has 1 aliphatic rings. The van der Waals surface area contributed by atoms with E-state index in [0.717, 1.165) is 0 Å². The van der Waals surface area contributed by atoms with Gasteiger partial charge in [0.05, 0.1) is 24.1 Å². The van der Waals surface area contributed by atoms with Crippen LogP contribution >= 0.6 is 0 Å². The van der Waals surface area contributed by atoms with Crippen molar-refractivity contribution in [2.24, 2.45) is 0 Å². The molecule has 142 valence electrons. The number of hydrogen-bond donors (Lipinski definition) is 1. The Morgan fingerprint density at radius 3 is 2.37 bits per heavy atom. The molecule has 1 N–H and O–H groups in total. The lowest BCUT2D eigenvalue weighted by atomic mass is 10.1. The first-order valence-corrected chi connectivity index (χ1v) is 10.6. The molecule has 1 aliphatic heterocycles. The molecule has 1 saturated heterocycles. The Labute approximate surface area is 159 Å². The van der Waals surface area contributed by atoms with Crippen LogP contribution in [0, 0.1) is 0 Å². The molecule has 1 amide bonds. The minimum Gasteiger partial charge on any atom is -0.376 e. The van der Waals surface area contributed by atoms with E-state index in [1.807, 2.05) is 18.2 Å². The van der Waals surface area contributed by atoms with Crippen LogP contribution in [0.2, 0.25) is 0 Å². The van der Waals surface area contributed by atoms with E-state index in [4.69, 9.17) is 0 Å². The number of carbonyl (C=O) groups is 2. The summed E-state index contributed by atoms with van der Waals surface area (Å²) in [7, 11) is -3.13. The number of sulfone groups is 1. The molecule has 1 atom stereocenters. The molecule has 3 rings (SSSR count). The minimum atomic E-state index is -3.13. The van der Waals surface area contributed by atoms with Gasteiger partial charge >= 0.3 is 0 Å². The maximum absolute atomic E-state index is 13.0. The van der Waals surface area contributed by atoms with Gasteiger partial charge in [-0.2, -0.15) is 0 Å². The summed E-state index contributed by atoms with van der Waals surface area (Å²) >= 11 is 0. The molecule has 1 fully saturated rings. The third-order valence-corrected chi connectivity index (χ3v) is 6.36. The van der Waals surface area contributed by atoms with E-state index >= 15 is 0 Å². The molecule has 0 radical (unpaired) electrons. The number of nitrogens with zero attached hydrogens (tertiary/aromatic N) is 1.